The van der Waals surface area contributed by atoms with Crippen LogP contribution >= 0.6 is 0 Å². The molecule has 0 bridgehead atoms. The van der Waals surface area contributed by atoms with Gasteiger partial charge in [-0.2, -0.15) is 18.4 Å². The average molecular weight is 289 g/mol. The number of nitrogens with one attached hydrogen (secondary N) is 1. The molecule has 1 aromatic carbocycles. The summed E-state index contributed by atoms with van der Waals surface area (Å²) < 4.78 is 51.4. The monoisotopic (exact) mass is 289 g/mol. The van der Waals surface area contributed by atoms with E-state index in [9.17, 15) is 22.4 Å². The number of amides is 1. The molecule has 0 aliphatic heterocycles. The third-order valence-electron chi connectivity index (χ3n) is 2.38. The van der Waals surface area contributed by atoms with E-state index in [0.29, 0.717) is 6.07 Å². The van der Waals surface area contributed by atoms with Crippen LogP contribution in [0.15, 0.2) is 12.1 Å². The van der Waals surface area contributed by atoms with Crippen LogP contribution in [0.4, 0.5) is 23.2 Å². The molecule has 0 spiro atoms. The van der Waals surface area contributed by atoms with Crippen LogP contribution in [0.5, 0.6) is 0 Å². The molecule has 4 nitrogen and oxygen atoms in total. The maximum atomic E-state index is 13.3. The van der Waals surface area contributed by atoms with Crippen LogP contribution in [0, 0.1) is 17.1 Å². The van der Waals surface area contributed by atoms with Crippen molar-refractivity contribution in [2.75, 3.05) is 5.32 Å². The number of nitrogens with two attached hydrogens (primary N) is 1. The summed E-state index contributed by atoms with van der Waals surface area (Å²) in [6, 6.07) is 2.67. The van der Waals surface area contributed by atoms with E-state index in [1.54, 1.807) is 0 Å². The first-order valence-corrected chi connectivity index (χ1v) is 5.38. The van der Waals surface area contributed by atoms with Gasteiger partial charge in [0.15, 0.2) is 0 Å². The SMILES string of the molecule is CC(C)(N)C(=O)Nc1ccc(F)c(C(F)(F)F)c1C#N. The molecule has 0 atom stereocenters. The van der Waals surface area contributed by atoms with Gasteiger partial charge in [0.05, 0.1) is 16.8 Å². The van der Waals surface area contributed by atoms with Gasteiger partial charge in [0, 0.05) is 0 Å². The highest BCUT2D eigenvalue weighted by Crippen LogP contribution is 2.36. The Hall–Kier alpha value is -2.14. The minimum absolute atomic E-state index is 0.440. The maximum Gasteiger partial charge on any atom is 0.420 e. The molecule has 0 aliphatic rings. The second-order valence-corrected chi connectivity index (χ2v) is 4.63. The standard InChI is InChI=1S/C12H11F4N3O/c1-11(2,18)10(20)19-8-4-3-7(13)9(6(8)5-17)12(14,15)16/h3-4H,18H2,1-2H3,(H,19,20). The van der Waals surface area contributed by atoms with Gasteiger partial charge in [0.2, 0.25) is 5.91 Å². The van der Waals surface area contributed by atoms with Crippen molar-refractivity contribution in [2.45, 2.75) is 25.6 Å². The molecule has 0 saturated carbocycles. The Morgan fingerprint density at radius 1 is 1.35 bits per heavy atom. The van der Waals surface area contributed by atoms with Gasteiger partial charge < -0.3 is 11.1 Å². The van der Waals surface area contributed by atoms with E-state index in [2.05, 4.69) is 5.32 Å². The fourth-order valence-electron chi connectivity index (χ4n) is 1.36. The number of nitriles is 1. The van der Waals surface area contributed by atoms with Crippen LogP contribution in [0.3, 0.4) is 0 Å². The molecule has 1 amide bonds. The summed E-state index contributed by atoms with van der Waals surface area (Å²) in [7, 11) is 0. The van der Waals surface area contributed by atoms with Gasteiger partial charge in [-0.3, -0.25) is 4.79 Å². The van der Waals surface area contributed by atoms with Crippen LogP contribution in [-0.2, 0) is 11.0 Å². The Labute approximate surface area is 112 Å². The van der Waals surface area contributed by atoms with Crippen molar-refractivity contribution in [1.29, 1.82) is 5.26 Å². The van der Waals surface area contributed by atoms with Gasteiger partial charge >= 0.3 is 6.18 Å². The zero-order valence-corrected chi connectivity index (χ0v) is 10.6. The summed E-state index contributed by atoms with van der Waals surface area (Å²) in [5.74, 6) is -2.38. The van der Waals surface area contributed by atoms with E-state index in [0.717, 1.165) is 6.07 Å². The molecule has 108 valence electrons. The first kappa shape index (κ1) is 15.9. The van der Waals surface area contributed by atoms with E-state index in [-0.39, 0.29) is 0 Å². The molecule has 1 aromatic rings. The summed E-state index contributed by atoms with van der Waals surface area (Å²) in [6.07, 6.45) is -5.05. The molecule has 8 heteroatoms. The van der Waals surface area contributed by atoms with Gasteiger partial charge in [-0.25, -0.2) is 4.39 Å². The van der Waals surface area contributed by atoms with Crippen molar-refractivity contribution < 1.29 is 22.4 Å². The Balaban J connectivity index is 3.38. The second kappa shape index (κ2) is 5.09. The number of rotatable bonds is 2. The number of carbonyl (C=O) groups is 1. The van der Waals surface area contributed by atoms with Crippen LogP contribution in [0.1, 0.15) is 25.0 Å². The van der Waals surface area contributed by atoms with E-state index >= 15 is 0 Å². The fourth-order valence-corrected chi connectivity index (χ4v) is 1.36. The molecule has 0 saturated heterocycles. The first-order valence-electron chi connectivity index (χ1n) is 5.38. The summed E-state index contributed by atoms with van der Waals surface area (Å²) >= 11 is 0. The van der Waals surface area contributed by atoms with E-state index in [4.69, 9.17) is 11.0 Å². The number of anilines is 1. The summed E-state index contributed by atoms with van der Waals surface area (Å²) in [5, 5.41) is 10.9. The number of nitrogens with zero attached hydrogens (tertiary/aromatic N) is 1. The molecular formula is C12H11F4N3O. The summed E-state index contributed by atoms with van der Waals surface area (Å²) in [4.78, 5) is 11.6. The lowest BCUT2D eigenvalue weighted by atomic mass is 10.0. The minimum atomic E-state index is -5.05. The van der Waals surface area contributed by atoms with Gasteiger partial charge in [-0.05, 0) is 26.0 Å². The smallest absolute Gasteiger partial charge is 0.323 e. The molecule has 0 aromatic heterocycles. The van der Waals surface area contributed by atoms with E-state index < -0.39 is 40.3 Å². The van der Waals surface area contributed by atoms with E-state index in [1.807, 2.05) is 0 Å². The van der Waals surface area contributed by atoms with Crippen LogP contribution < -0.4 is 11.1 Å². The van der Waals surface area contributed by atoms with Crippen LogP contribution in [-0.4, -0.2) is 11.4 Å². The quantitative estimate of drug-likeness (QED) is 0.820. The topological polar surface area (TPSA) is 78.9 Å². The third kappa shape index (κ3) is 3.24. The van der Waals surface area contributed by atoms with Gasteiger partial charge in [-0.1, -0.05) is 0 Å². The van der Waals surface area contributed by atoms with Crippen molar-refractivity contribution >= 4 is 11.6 Å². The van der Waals surface area contributed by atoms with Gasteiger partial charge in [0.25, 0.3) is 0 Å². The normalized spacial score (nSPS) is 11.9. The van der Waals surface area contributed by atoms with E-state index in [1.165, 1.54) is 19.9 Å². The number of benzene rings is 1. The molecule has 0 heterocycles. The minimum Gasteiger partial charge on any atom is -0.323 e. The highest BCUT2D eigenvalue weighted by atomic mass is 19.4. The lowest BCUT2D eigenvalue weighted by molar-refractivity contribution is -0.140. The predicted octanol–water partition coefficient (Wildman–Crippen LogP) is 2.39. The van der Waals surface area contributed by atoms with Crippen LogP contribution in [0.25, 0.3) is 0 Å². The summed E-state index contributed by atoms with van der Waals surface area (Å²) in [6.45, 7) is 2.67. The number of alkyl halides is 3. The lowest BCUT2D eigenvalue weighted by Gasteiger charge is -2.19. The molecule has 0 fully saturated rings. The second-order valence-electron chi connectivity index (χ2n) is 4.63. The fraction of sp³-hybridized carbons (Fsp3) is 0.333. The number of hydrogen-bond acceptors (Lipinski definition) is 3. The molecule has 0 unspecified atom stereocenters. The van der Waals surface area contributed by atoms with Crippen molar-refractivity contribution in [3.63, 3.8) is 0 Å². The van der Waals surface area contributed by atoms with Crippen molar-refractivity contribution in [3.8, 4) is 6.07 Å². The molecule has 20 heavy (non-hydrogen) atoms. The molecule has 0 radical (unpaired) electrons. The molecule has 1 rings (SSSR count). The first-order chi connectivity index (χ1) is 8.98. The molecular weight excluding hydrogens is 278 g/mol. The predicted molar refractivity (Wildman–Crippen MR) is 63.0 cm³/mol. The van der Waals surface area contributed by atoms with Gasteiger partial charge in [-0.15, -0.1) is 0 Å². The Morgan fingerprint density at radius 2 is 1.90 bits per heavy atom. The average Bonchev–Trinajstić information content (AvgIpc) is 2.27. The van der Waals surface area contributed by atoms with Crippen molar-refractivity contribution in [3.05, 3.63) is 29.1 Å². The van der Waals surface area contributed by atoms with Crippen molar-refractivity contribution in [2.24, 2.45) is 5.73 Å². The molecule has 0 aliphatic carbocycles. The zero-order valence-electron chi connectivity index (χ0n) is 10.6. The zero-order chi connectivity index (χ0) is 15.7. The Morgan fingerprint density at radius 3 is 2.30 bits per heavy atom. The number of carbonyl (C=O) groups excluding carboxylic acids is 1. The highest BCUT2D eigenvalue weighted by Gasteiger charge is 2.38. The van der Waals surface area contributed by atoms with Crippen molar-refractivity contribution in [1.82, 2.24) is 0 Å². The largest absolute Gasteiger partial charge is 0.420 e. The number of hydrogen-bond donors (Lipinski definition) is 2. The lowest BCUT2D eigenvalue weighted by Crippen LogP contribution is -2.45. The third-order valence-corrected chi connectivity index (χ3v) is 2.38. The maximum absolute atomic E-state index is 13.3. The Bertz CT molecular complexity index is 582. The summed E-state index contributed by atoms with van der Waals surface area (Å²) in [5.41, 5.74) is 0.973. The number of halogens is 4. The molecule has 3 N–H and O–H groups in total. The van der Waals surface area contributed by atoms with Gasteiger partial charge in [0.1, 0.15) is 17.4 Å². The Kier molecular flexibility index (Phi) is 4.05. The van der Waals surface area contributed by atoms with Crippen LogP contribution in [0.2, 0.25) is 0 Å². The highest BCUT2D eigenvalue weighted by molar-refractivity contribution is 5.98.